The molecule has 2 N–H and O–H groups in total. The molecule has 0 amide bonds. The Kier molecular flexibility index (Phi) is 4.02. The molecule has 1 aromatic rings. The Balaban J connectivity index is 2.82. The molecular formula is C11H14N2O3. The molecule has 0 spiro atoms. The molecule has 0 saturated heterocycles. The minimum atomic E-state index is -0.454. The summed E-state index contributed by atoms with van der Waals surface area (Å²) in [5.41, 5.74) is 6.96. The molecule has 0 unspecified atom stereocenters. The van der Waals surface area contributed by atoms with Crippen LogP contribution in [0.25, 0.3) is 0 Å². The number of nitrogens with zero attached hydrogens (tertiary/aromatic N) is 1. The molecule has 1 rings (SSSR count). The molecular weight excluding hydrogens is 208 g/mol. The van der Waals surface area contributed by atoms with Crippen molar-refractivity contribution in [3.8, 4) is 5.75 Å². The van der Waals surface area contributed by atoms with Crippen molar-refractivity contribution >= 4 is 5.69 Å². The van der Waals surface area contributed by atoms with Crippen LogP contribution in [-0.2, 0) is 0 Å². The van der Waals surface area contributed by atoms with Crippen LogP contribution in [0.15, 0.2) is 30.4 Å². The highest BCUT2D eigenvalue weighted by molar-refractivity contribution is 5.43. The minimum absolute atomic E-state index is 0.0129. The summed E-state index contributed by atoms with van der Waals surface area (Å²) in [5.74, 6) is 0.490. The summed E-state index contributed by atoms with van der Waals surface area (Å²) < 4.78 is 5.40. The van der Waals surface area contributed by atoms with Crippen LogP contribution in [-0.4, -0.2) is 18.1 Å². The first-order valence-corrected chi connectivity index (χ1v) is 4.79. The molecule has 0 aliphatic rings. The van der Waals surface area contributed by atoms with E-state index < -0.39 is 4.92 Å². The minimum Gasteiger partial charge on any atom is -0.489 e. The number of benzene rings is 1. The third-order valence-electron chi connectivity index (χ3n) is 2.10. The second-order valence-corrected chi connectivity index (χ2v) is 3.45. The van der Waals surface area contributed by atoms with E-state index in [1.807, 2.05) is 6.92 Å². The highest BCUT2D eigenvalue weighted by Crippen LogP contribution is 2.24. The van der Waals surface area contributed by atoms with Crippen LogP contribution in [0.2, 0.25) is 0 Å². The number of rotatable bonds is 5. The number of nitro groups is 1. The van der Waals surface area contributed by atoms with Crippen molar-refractivity contribution in [3.63, 3.8) is 0 Å². The Morgan fingerprint density at radius 2 is 2.31 bits per heavy atom. The smallest absolute Gasteiger partial charge is 0.273 e. The molecule has 0 aromatic heterocycles. The van der Waals surface area contributed by atoms with E-state index in [0.717, 1.165) is 11.1 Å². The zero-order chi connectivity index (χ0) is 12.1. The van der Waals surface area contributed by atoms with Crippen LogP contribution in [0.1, 0.15) is 5.56 Å². The molecule has 0 heterocycles. The summed E-state index contributed by atoms with van der Waals surface area (Å²) in [6.45, 7) is 6.13. The van der Waals surface area contributed by atoms with Crippen LogP contribution < -0.4 is 10.5 Å². The molecule has 0 atom stereocenters. The Bertz CT molecular complexity index is 416. The average molecular weight is 222 g/mol. The van der Waals surface area contributed by atoms with Gasteiger partial charge in [0.15, 0.2) is 0 Å². The fraction of sp³-hybridized carbons (Fsp3) is 0.273. The molecule has 5 nitrogen and oxygen atoms in total. The quantitative estimate of drug-likeness (QED) is 0.468. The summed E-state index contributed by atoms with van der Waals surface area (Å²) in [5, 5.41) is 10.6. The normalized spacial score (nSPS) is 9.88. The summed E-state index contributed by atoms with van der Waals surface area (Å²) in [7, 11) is 0. The summed E-state index contributed by atoms with van der Waals surface area (Å²) in [6, 6.07) is 4.50. The Hall–Kier alpha value is -1.88. The molecule has 1 aromatic carbocycles. The van der Waals surface area contributed by atoms with Crippen LogP contribution in [0.3, 0.4) is 0 Å². The average Bonchev–Trinajstić information content (AvgIpc) is 2.27. The number of ether oxygens (including phenoxy) is 1. The van der Waals surface area contributed by atoms with E-state index in [2.05, 4.69) is 6.58 Å². The predicted octanol–water partition coefficient (Wildman–Crippen LogP) is 1.80. The molecule has 0 aliphatic carbocycles. The number of hydrogen-bond acceptors (Lipinski definition) is 4. The van der Waals surface area contributed by atoms with Crippen molar-refractivity contribution in [1.29, 1.82) is 0 Å². The Morgan fingerprint density at radius 1 is 1.62 bits per heavy atom. The van der Waals surface area contributed by atoms with E-state index in [1.54, 1.807) is 6.07 Å². The molecule has 0 bridgehead atoms. The standard InChI is InChI=1S/C11H14N2O3/c1-8(6-12)7-16-11-5-10(13(14)15)4-3-9(11)2/h3-5H,1,6-7,12H2,2H3. The molecule has 0 aliphatic heterocycles. The van der Waals surface area contributed by atoms with E-state index in [-0.39, 0.29) is 12.3 Å². The highest BCUT2D eigenvalue weighted by atomic mass is 16.6. The topological polar surface area (TPSA) is 78.4 Å². The summed E-state index contributed by atoms with van der Waals surface area (Å²) in [4.78, 5) is 10.1. The van der Waals surface area contributed by atoms with E-state index in [4.69, 9.17) is 10.5 Å². The fourth-order valence-corrected chi connectivity index (χ4v) is 1.10. The lowest BCUT2D eigenvalue weighted by Gasteiger charge is -2.09. The number of hydrogen-bond donors (Lipinski definition) is 1. The largest absolute Gasteiger partial charge is 0.489 e. The van der Waals surface area contributed by atoms with E-state index in [9.17, 15) is 10.1 Å². The Morgan fingerprint density at radius 3 is 2.88 bits per heavy atom. The van der Waals surface area contributed by atoms with Gasteiger partial charge in [0.25, 0.3) is 5.69 Å². The van der Waals surface area contributed by atoms with Gasteiger partial charge in [-0.05, 0) is 24.1 Å². The molecule has 0 radical (unpaired) electrons. The van der Waals surface area contributed by atoms with Gasteiger partial charge in [-0.2, -0.15) is 0 Å². The van der Waals surface area contributed by atoms with Crippen molar-refractivity contribution in [1.82, 2.24) is 0 Å². The zero-order valence-electron chi connectivity index (χ0n) is 9.10. The van der Waals surface area contributed by atoms with Gasteiger partial charge in [-0.3, -0.25) is 10.1 Å². The van der Waals surface area contributed by atoms with Crippen molar-refractivity contribution in [2.45, 2.75) is 6.92 Å². The van der Waals surface area contributed by atoms with Crippen molar-refractivity contribution in [2.75, 3.05) is 13.2 Å². The van der Waals surface area contributed by atoms with Crippen LogP contribution in [0.5, 0.6) is 5.75 Å². The molecule has 0 fully saturated rings. The fourth-order valence-electron chi connectivity index (χ4n) is 1.10. The number of nitro benzene ring substituents is 1. The van der Waals surface area contributed by atoms with Crippen LogP contribution >= 0.6 is 0 Å². The maximum atomic E-state index is 10.6. The van der Waals surface area contributed by atoms with Gasteiger partial charge in [-0.25, -0.2) is 0 Å². The second kappa shape index (κ2) is 5.27. The first-order chi connectivity index (χ1) is 7.54. The van der Waals surface area contributed by atoms with Crippen molar-refractivity contribution in [3.05, 3.63) is 46.0 Å². The first-order valence-electron chi connectivity index (χ1n) is 4.79. The third kappa shape index (κ3) is 3.06. The van der Waals surface area contributed by atoms with E-state index in [1.165, 1.54) is 12.1 Å². The van der Waals surface area contributed by atoms with Gasteiger partial charge in [0.05, 0.1) is 11.0 Å². The van der Waals surface area contributed by atoms with Crippen molar-refractivity contribution in [2.24, 2.45) is 5.73 Å². The van der Waals surface area contributed by atoms with Gasteiger partial charge in [0.2, 0.25) is 0 Å². The van der Waals surface area contributed by atoms with Gasteiger partial charge >= 0.3 is 0 Å². The van der Waals surface area contributed by atoms with Crippen LogP contribution in [0.4, 0.5) is 5.69 Å². The monoisotopic (exact) mass is 222 g/mol. The maximum Gasteiger partial charge on any atom is 0.273 e. The predicted molar refractivity (Wildman–Crippen MR) is 61.5 cm³/mol. The molecule has 86 valence electrons. The van der Waals surface area contributed by atoms with Crippen molar-refractivity contribution < 1.29 is 9.66 Å². The number of nitrogens with two attached hydrogens (primary N) is 1. The maximum absolute atomic E-state index is 10.6. The van der Waals surface area contributed by atoms with E-state index >= 15 is 0 Å². The number of aryl methyl sites for hydroxylation is 1. The molecule has 0 saturated carbocycles. The van der Waals surface area contributed by atoms with Gasteiger partial charge < -0.3 is 10.5 Å². The lowest BCUT2D eigenvalue weighted by molar-refractivity contribution is -0.384. The Labute approximate surface area is 93.7 Å². The summed E-state index contributed by atoms with van der Waals surface area (Å²) >= 11 is 0. The lowest BCUT2D eigenvalue weighted by Crippen LogP contribution is -2.10. The molecule has 5 heteroatoms. The third-order valence-corrected chi connectivity index (χ3v) is 2.10. The SMILES string of the molecule is C=C(CN)COc1cc([N+](=O)[O-])ccc1C. The summed E-state index contributed by atoms with van der Waals surface area (Å²) in [6.07, 6.45) is 0. The van der Waals surface area contributed by atoms with Crippen LogP contribution in [0, 0.1) is 17.0 Å². The van der Waals surface area contributed by atoms with Gasteiger partial charge in [-0.1, -0.05) is 6.58 Å². The second-order valence-electron chi connectivity index (χ2n) is 3.45. The number of non-ortho nitro benzene ring substituents is 1. The molecule has 16 heavy (non-hydrogen) atoms. The lowest BCUT2D eigenvalue weighted by atomic mass is 10.2. The van der Waals surface area contributed by atoms with Gasteiger partial charge in [0.1, 0.15) is 12.4 Å². The van der Waals surface area contributed by atoms with Gasteiger partial charge in [-0.15, -0.1) is 0 Å². The van der Waals surface area contributed by atoms with Gasteiger partial charge in [0, 0.05) is 12.6 Å². The van der Waals surface area contributed by atoms with E-state index in [0.29, 0.717) is 12.3 Å². The highest BCUT2D eigenvalue weighted by Gasteiger charge is 2.09. The zero-order valence-corrected chi connectivity index (χ0v) is 9.10. The first kappa shape index (κ1) is 12.2.